The molecule has 0 aliphatic rings. The van der Waals surface area contributed by atoms with Crippen LogP contribution in [-0.4, -0.2) is 18.7 Å². The van der Waals surface area contributed by atoms with Gasteiger partial charge in [-0.15, -0.1) is 0 Å². The third-order valence-electron chi connectivity index (χ3n) is 2.79. The highest BCUT2D eigenvalue weighted by molar-refractivity contribution is 5.95. The number of amides is 1. The fourth-order valence-corrected chi connectivity index (χ4v) is 1.75. The van der Waals surface area contributed by atoms with Crippen molar-refractivity contribution in [3.8, 4) is 5.75 Å². The molecule has 0 aromatic heterocycles. The summed E-state index contributed by atoms with van der Waals surface area (Å²) in [7, 11) is 0. The summed E-state index contributed by atoms with van der Waals surface area (Å²) in [4.78, 5) is 11.8. The van der Waals surface area contributed by atoms with E-state index < -0.39 is 0 Å². The first-order chi connectivity index (χ1) is 10.3. The van der Waals surface area contributed by atoms with Crippen LogP contribution in [0.3, 0.4) is 0 Å². The van der Waals surface area contributed by atoms with E-state index in [1.807, 2.05) is 42.5 Å². The quantitative estimate of drug-likeness (QED) is 0.653. The van der Waals surface area contributed by atoms with Gasteiger partial charge in [-0.3, -0.25) is 4.79 Å². The number of rotatable bonds is 6. The predicted octanol–water partition coefficient (Wildman–Crippen LogP) is 3.24. The maximum Gasteiger partial charge on any atom is 0.271 e. The number of hydrazone groups is 1. The second-order valence-electron chi connectivity index (χ2n) is 4.45. The van der Waals surface area contributed by atoms with E-state index in [0.717, 1.165) is 17.7 Å². The van der Waals surface area contributed by atoms with Crippen LogP contribution in [0.1, 0.15) is 29.3 Å². The van der Waals surface area contributed by atoms with Crippen molar-refractivity contribution >= 4 is 12.1 Å². The molecule has 0 fully saturated rings. The van der Waals surface area contributed by atoms with Gasteiger partial charge in [0.25, 0.3) is 5.91 Å². The molecule has 0 spiro atoms. The second-order valence-corrected chi connectivity index (χ2v) is 4.45. The number of hydrogen-bond donors (Lipinski definition) is 1. The first-order valence-electron chi connectivity index (χ1n) is 6.91. The summed E-state index contributed by atoms with van der Waals surface area (Å²) in [5, 5.41) is 3.98. The topological polar surface area (TPSA) is 50.7 Å². The van der Waals surface area contributed by atoms with Crippen molar-refractivity contribution in [2.24, 2.45) is 5.10 Å². The molecule has 108 valence electrons. The van der Waals surface area contributed by atoms with Crippen LogP contribution in [0.5, 0.6) is 5.75 Å². The van der Waals surface area contributed by atoms with E-state index >= 15 is 0 Å². The van der Waals surface area contributed by atoms with Gasteiger partial charge in [0.15, 0.2) is 0 Å². The summed E-state index contributed by atoms with van der Waals surface area (Å²) in [5.41, 5.74) is 3.91. The molecule has 2 rings (SSSR count). The molecule has 2 aromatic carbocycles. The van der Waals surface area contributed by atoms with Gasteiger partial charge in [-0.25, -0.2) is 5.43 Å². The third kappa shape index (κ3) is 4.45. The van der Waals surface area contributed by atoms with E-state index in [4.69, 9.17) is 4.74 Å². The first-order valence-corrected chi connectivity index (χ1v) is 6.91. The Hall–Kier alpha value is -2.62. The predicted molar refractivity (Wildman–Crippen MR) is 83.7 cm³/mol. The minimum atomic E-state index is -0.237. The summed E-state index contributed by atoms with van der Waals surface area (Å²) >= 11 is 0. The van der Waals surface area contributed by atoms with E-state index in [2.05, 4.69) is 17.5 Å². The average Bonchev–Trinajstić information content (AvgIpc) is 2.54. The van der Waals surface area contributed by atoms with Crippen LogP contribution in [0, 0.1) is 0 Å². The maximum absolute atomic E-state index is 11.8. The highest BCUT2D eigenvalue weighted by Gasteiger charge is 2.03. The van der Waals surface area contributed by atoms with Crippen LogP contribution in [0.15, 0.2) is 59.7 Å². The van der Waals surface area contributed by atoms with Crippen LogP contribution >= 0.6 is 0 Å². The Morgan fingerprint density at radius 1 is 1.14 bits per heavy atom. The van der Waals surface area contributed by atoms with E-state index in [-0.39, 0.29) is 5.91 Å². The van der Waals surface area contributed by atoms with Crippen molar-refractivity contribution in [3.63, 3.8) is 0 Å². The Morgan fingerprint density at radius 3 is 2.62 bits per heavy atom. The largest absolute Gasteiger partial charge is 0.493 e. The monoisotopic (exact) mass is 282 g/mol. The zero-order chi connectivity index (χ0) is 14.9. The lowest BCUT2D eigenvalue weighted by molar-refractivity contribution is 0.0955. The van der Waals surface area contributed by atoms with Gasteiger partial charge >= 0.3 is 0 Å². The molecule has 0 saturated heterocycles. The molecule has 4 nitrogen and oxygen atoms in total. The van der Waals surface area contributed by atoms with E-state index in [1.165, 1.54) is 0 Å². The number of para-hydroxylation sites is 1. The van der Waals surface area contributed by atoms with Crippen LogP contribution in [0.4, 0.5) is 0 Å². The number of carbonyl (C=O) groups is 1. The average molecular weight is 282 g/mol. The Bertz CT molecular complexity index is 609. The Labute approximate surface area is 124 Å². The number of ether oxygens (including phenoxy) is 1. The lowest BCUT2D eigenvalue weighted by Crippen LogP contribution is -2.17. The van der Waals surface area contributed by atoms with Gasteiger partial charge in [0.1, 0.15) is 5.75 Å². The van der Waals surface area contributed by atoms with Crippen molar-refractivity contribution in [2.75, 3.05) is 6.61 Å². The van der Waals surface area contributed by atoms with Gasteiger partial charge < -0.3 is 4.74 Å². The van der Waals surface area contributed by atoms with Gasteiger partial charge in [0.05, 0.1) is 12.8 Å². The van der Waals surface area contributed by atoms with Crippen molar-refractivity contribution in [2.45, 2.75) is 13.3 Å². The van der Waals surface area contributed by atoms with Crippen LogP contribution in [0.2, 0.25) is 0 Å². The molecule has 0 aliphatic heterocycles. The SMILES string of the molecule is CCCOc1ccccc1C=NNC(=O)c1ccccc1. The minimum absolute atomic E-state index is 0.237. The zero-order valence-corrected chi connectivity index (χ0v) is 12.0. The second kappa shape index (κ2) is 7.85. The summed E-state index contributed by atoms with van der Waals surface area (Å²) in [6.45, 7) is 2.71. The summed E-state index contributed by atoms with van der Waals surface area (Å²) in [5.74, 6) is 0.524. The molecule has 1 amide bonds. The molecule has 4 heteroatoms. The number of hydrogen-bond acceptors (Lipinski definition) is 3. The van der Waals surface area contributed by atoms with Crippen LogP contribution in [0.25, 0.3) is 0 Å². The molecule has 0 radical (unpaired) electrons. The standard InChI is InChI=1S/C17H18N2O2/c1-2-12-21-16-11-7-6-10-15(16)13-18-19-17(20)14-8-4-3-5-9-14/h3-11,13H,2,12H2,1H3,(H,19,20). The third-order valence-corrected chi connectivity index (χ3v) is 2.79. The fourth-order valence-electron chi connectivity index (χ4n) is 1.75. The van der Waals surface area contributed by atoms with Crippen LogP contribution < -0.4 is 10.2 Å². The molecule has 0 atom stereocenters. The molecule has 1 N–H and O–H groups in total. The van der Waals surface area contributed by atoms with E-state index in [0.29, 0.717) is 12.2 Å². The van der Waals surface area contributed by atoms with Crippen molar-refractivity contribution in [3.05, 3.63) is 65.7 Å². The summed E-state index contributed by atoms with van der Waals surface area (Å²) in [6.07, 6.45) is 2.53. The van der Waals surface area contributed by atoms with Crippen molar-refractivity contribution in [1.29, 1.82) is 0 Å². The molecule has 0 bridgehead atoms. The highest BCUT2D eigenvalue weighted by Crippen LogP contribution is 2.15. The lowest BCUT2D eigenvalue weighted by Gasteiger charge is -2.07. The smallest absolute Gasteiger partial charge is 0.271 e. The molecular weight excluding hydrogens is 264 g/mol. The summed E-state index contributed by atoms with van der Waals surface area (Å²) < 4.78 is 5.62. The van der Waals surface area contributed by atoms with E-state index in [1.54, 1.807) is 18.3 Å². The number of nitrogens with one attached hydrogen (secondary N) is 1. The highest BCUT2D eigenvalue weighted by atomic mass is 16.5. The van der Waals surface area contributed by atoms with Gasteiger partial charge in [0.2, 0.25) is 0 Å². The molecule has 2 aromatic rings. The lowest BCUT2D eigenvalue weighted by atomic mass is 10.2. The molecule has 21 heavy (non-hydrogen) atoms. The molecular formula is C17H18N2O2. The van der Waals surface area contributed by atoms with Crippen molar-refractivity contribution in [1.82, 2.24) is 5.43 Å². The fraction of sp³-hybridized carbons (Fsp3) is 0.176. The maximum atomic E-state index is 11.8. The first kappa shape index (κ1) is 14.8. The van der Waals surface area contributed by atoms with Gasteiger partial charge in [0, 0.05) is 11.1 Å². The number of benzene rings is 2. The Morgan fingerprint density at radius 2 is 1.86 bits per heavy atom. The van der Waals surface area contributed by atoms with Crippen LogP contribution in [-0.2, 0) is 0 Å². The van der Waals surface area contributed by atoms with Gasteiger partial charge in [-0.1, -0.05) is 37.3 Å². The molecule has 0 heterocycles. The Balaban J connectivity index is 2.00. The van der Waals surface area contributed by atoms with Gasteiger partial charge in [-0.05, 0) is 30.7 Å². The number of carbonyl (C=O) groups excluding carboxylic acids is 1. The molecule has 0 unspecified atom stereocenters. The minimum Gasteiger partial charge on any atom is -0.493 e. The summed E-state index contributed by atoms with van der Waals surface area (Å²) in [6, 6.07) is 16.6. The van der Waals surface area contributed by atoms with Gasteiger partial charge in [-0.2, -0.15) is 5.10 Å². The molecule has 0 saturated carbocycles. The number of nitrogens with zero attached hydrogens (tertiary/aromatic N) is 1. The zero-order valence-electron chi connectivity index (χ0n) is 12.0. The molecule has 0 aliphatic carbocycles. The van der Waals surface area contributed by atoms with Crippen molar-refractivity contribution < 1.29 is 9.53 Å². The van der Waals surface area contributed by atoms with E-state index in [9.17, 15) is 4.79 Å². The Kier molecular flexibility index (Phi) is 5.52. The normalized spacial score (nSPS) is 10.5.